The van der Waals surface area contributed by atoms with Crippen molar-refractivity contribution in [3.63, 3.8) is 0 Å². The van der Waals surface area contributed by atoms with Gasteiger partial charge in [0.05, 0.1) is 0 Å². The summed E-state index contributed by atoms with van der Waals surface area (Å²) in [5, 5.41) is 0. The minimum atomic E-state index is -2.07. The van der Waals surface area contributed by atoms with Crippen LogP contribution in [0.4, 0.5) is 0 Å². The van der Waals surface area contributed by atoms with Crippen LogP contribution in [-0.2, 0) is 4.79 Å². The van der Waals surface area contributed by atoms with Gasteiger partial charge < -0.3 is 0 Å². The minimum absolute atomic E-state index is 1.07. The van der Waals surface area contributed by atoms with Crippen LogP contribution in [0.15, 0.2) is 4.99 Å². The molecule has 2 nitrogen and oxygen atoms in total. The Morgan fingerprint density at radius 1 is 1.10 bits per heavy atom. The molecule has 0 bridgehead atoms. The molecule has 0 fully saturated rings. The van der Waals surface area contributed by atoms with E-state index in [2.05, 4.69) is 4.99 Å². The third-order valence-electron chi connectivity index (χ3n) is 0.527. The molecule has 0 aliphatic heterocycles. The Labute approximate surface area is 82.0 Å². The van der Waals surface area contributed by atoms with Gasteiger partial charge in [0.25, 0.3) is 4.46 Å². The van der Waals surface area contributed by atoms with Crippen molar-refractivity contribution in [3.8, 4) is 0 Å². The minimum Gasteiger partial charge on any atom is -0.211 e. The van der Waals surface area contributed by atoms with Crippen LogP contribution in [0.2, 0.25) is 0 Å². The van der Waals surface area contributed by atoms with E-state index < -0.39 is 8.25 Å². The lowest BCUT2D eigenvalue weighted by Crippen LogP contribution is -2.28. The van der Waals surface area contributed by atoms with E-state index in [1.54, 1.807) is 0 Å². The Balaban J connectivity index is 4.56. The van der Waals surface area contributed by atoms with Gasteiger partial charge in [-0.1, -0.05) is 58.0 Å². The summed E-state index contributed by atoms with van der Waals surface area (Å²) in [5.41, 5.74) is 0. The van der Waals surface area contributed by atoms with Gasteiger partial charge in [-0.15, -0.1) is 0 Å². The zero-order valence-electron chi connectivity index (χ0n) is 4.25. The van der Waals surface area contributed by atoms with E-state index in [1.807, 2.05) is 0 Å². The van der Waals surface area contributed by atoms with Crippen LogP contribution in [0.3, 0.4) is 0 Å². The first-order chi connectivity index (χ1) is 4.31. The van der Waals surface area contributed by atoms with E-state index in [1.165, 1.54) is 0 Å². The van der Waals surface area contributed by atoms with Gasteiger partial charge in [-0.25, -0.2) is 4.79 Å². The molecule has 0 saturated heterocycles. The number of aliphatic imine (C=N–C) groups is 1. The molecule has 0 radical (unpaired) electrons. The molecule has 58 valence electrons. The number of rotatable bonds is 1. The lowest BCUT2D eigenvalue weighted by Gasteiger charge is -2.20. The van der Waals surface area contributed by atoms with Crippen molar-refractivity contribution >= 4 is 64.1 Å². The van der Waals surface area contributed by atoms with Crippen LogP contribution in [0.1, 0.15) is 0 Å². The van der Waals surface area contributed by atoms with Crippen molar-refractivity contribution in [2.75, 3.05) is 0 Å². The van der Waals surface area contributed by atoms with Crippen molar-refractivity contribution in [1.29, 1.82) is 0 Å². The molecule has 0 heterocycles. The molecular formula is C3Cl5NO. The number of isocyanates is 1. The molecule has 0 unspecified atom stereocenters. The standard InChI is InChI=1S/C3Cl5NO/c4-2(5,6)3(7,8)9-1-10. The maximum absolute atomic E-state index is 9.63. The topological polar surface area (TPSA) is 29.4 Å². The quantitative estimate of drug-likeness (QED) is 0.301. The van der Waals surface area contributed by atoms with E-state index in [9.17, 15) is 4.79 Å². The molecule has 0 aromatic carbocycles. The number of hydrogen-bond acceptors (Lipinski definition) is 2. The molecule has 0 saturated carbocycles. The molecule has 0 rings (SSSR count). The van der Waals surface area contributed by atoms with Crippen molar-refractivity contribution in [2.24, 2.45) is 4.99 Å². The summed E-state index contributed by atoms with van der Waals surface area (Å²) in [6, 6.07) is 0. The van der Waals surface area contributed by atoms with Crippen LogP contribution in [-0.4, -0.2) is 14.3 Å². The number of alkyl halides is 5. The van der Waals surface area contributed by atoms with Gasteiger partial charge in [0.1, 0.15) is 0 Å². The second-order valence-electron chi connectivity index (χ2n) is 1.24. The predicted molar refractivity (Wildman–Crippen MR) is 42.8 cm³/mol. The highest BCUT2D eigenvalue weighted by Gasteiger charge is 2.46. The predicted octanol–water partition coefficient (Wildman–Crippen LogP) is 2.82. The average molecular weight is 243 g/mol. The molecule has 0 aliphatic carbocycles. The number of hydrogen-bond donors (Lipinski definition) is 0. The highest BCUT2D eigenvalue weighted by atomic mass is 35.6. The zero-order valence-corrected chi connectivity index (χ0v) is 8.02. The summed E-state index contributed by atoms with van der Waals surface area (Å²) >= 11 is 26.1. The van der Waals surface area contributed by atoms with Crippen molar-refractivity contribution in [3.05, 3.63) is 0 Å². The molecule has 0 N–H and O–H groups in total. The summed E-state index contributed by atoms with van der Waals surface area (Å²) < 4.78 is -4.10. The third-order valence-corrected chi connectivity index (χ3v) is 2.66. The van der Waals surface area contributed by atoms with E-state index >= 15 is 0 Å². The first kappa shape index (κ1) is 10.8. The Kier molecular flexibility index (Phi) is 3.77. The fourth-order valence-electron chi connectivity index (χ4n) is 0.121. The van der Waals surface area contributed by atoms with Crippen LogP contribution >= 0.6 is 58.0 Å². The highest BCUT2D eigenvalue weighted by Crippen LogP contribution is 2.46. The molecule has 10 heavy (non-hydrogen) atoms. The first-order valence-electron chi connectivity index (χ1n) is 1.85. The molecule has 7 heteroatoms. The third kappa shape index (κ3) is 2.83. The molecule has 0 spiro atoms. The zero-order chi connectivity index (χ0) is 8.41. The van der Waals surface area contributed by atoms with Crippen molar-refractivity contribution < 1.29 is 4.79 Å². The molecule has 0 aromatic rings. The Hall–Kier alpha value is 0.830. The Bertz CT molecular complexity index is 166. The molecule has 0 aliphatic rings. The fourth-order valence-corrected chi connectivity index (χ4v) is 0.316. The van der Waals surface area contributed by atoms with E-state index in [0.29, 0.717) is 0 Å². The van der Waals surface area contributed by atoms with Gasteiger partial charge in [0.15, 0.2) is 0 Å². The molecular weight excluding hydrogens is 243 g/mol. The van der Waals surface area contributed by atoms with Gasteiger partial charge in [0.2, 0.25) is 9.87 Å². The maximum atomic E-state index is 9.63. The summed E-state index contributed by atoms with van der Waals surface area (Å²) in [6.07, 6.45) is 1.07. The second-order valence-corrected chi connectivity index (χ2v) is 4.81. The number of nitrogens with zero attached hydrogens (tertiary/aromatic N) is 1. The van der Waals surface area contributed by atoms with Crippen molar-refractivity contribution in [2.45, 2.75) is 8.25 Å². The number of carbonyl (C=O) groups excluding carboxylic acids is 1. The van der Waals surface area contributed by atoms with Crippen LogP contribution in [0, 0.1) is 0 Å². The summed E-state index contributed by atoms with van der Waals surface area (Å²) in [7, 11) is 0. The van der Waals surface area contributed by atoms with Gasteiger partial charge in [-0.2, -0.15) is 4.99 Å². The fraction of sp³-hybridized carbons (Fsp3) is 0.667. The van der Waals surface area contributed by atoms with E-state index in [0.717, 1.165) is 6.08 Å². The molecule has 0 aromatic heterocycles. The summed E-state index contributed by atoms with van der Waals surface area (Å²) in [5.74, 6) is 0. The van der Waals surface area contributed by atoms with Gasteiger partial charge in [0, 0.05) is 0 Å². The van der Waals surface area contributed by atoms with Crippen molar-refractivity contribution in [1.82, 2.24) is 0 Å². The normalized spacial score (nSPS) is 12.5. The Morgan fingerprint density at radius 3 is 1.60 bits per heavy atom. The SMILES string of the molecule is O=C=NC(Cl)(Cl)C(Cl)(Cl)Cl. The van der Waals surface area contributed by atoms with Crippen LogP contribution in [0.5, 0.6) is 0 Å². The average Bonchev–Trinajstić information content (AvgIpc) is 1.61. The maximum Gasteiger partial charge on any atom is 0.266 e. The smallest absolute Gasteiger partial charge is 0.211 e. The lowest BCUT2D eigenvalue weighted by atomic mass is 10.7. The summed E-state index contributed by atoms with van der Waals surface area (Å²) in [4.78, 5) is 12.5. The van der Waals surface area contributed by atoms with Gasteiger partial charge >= 0.3 is 0 Å². The second kappa shape index (κ2) is 3.48. The van der Waals surface area contributed by atoms with E-state index in [-0.39, 0.29) is 0 Å². The highest BCUT2D eigenvalue weighted by molar-refractivity contribution is 6.75. The molecule has 0 amide bonds. The van der Waals surface area contributed by atoms with E-state index in [4.69, 9.17) is 58.0 Å². The monoisotopic (exact) mass is 241 g/mol. The Morgan fingerprint density at radius 2 is 1.50 bits per heavy atom. The van der Waals surface area contributed by atoms with Gasteiger partial charge in [-0.05, 0) is 0 Å². The first-order valence-corrected chi connectivity index (χ1v) is 3.74. The summed E-state index contributed by atoms with van der Waals surface area (Å²) in [6.45, 7) is 0. The molecule has 0 atom stereocenters. The number of halogens is 5. The van der Waals surface area contributed by atoms with Crippen LogP contribution in [0.25, 0.3) is 0 Å². The largest absolute Gasteiger partial charge is 0.266 e. The van der Waals surface area contributed by atoms with Crippen LogP contribution < -0.4 is 0 Å². The van der Waals surface area contributed by atoms with Gasteiger partial charge in [-0.3, -0.25) is 0 Å². The lowest BCUT2D eigenvalue weighted by molar-refractivity contribution is 0.560.